The molecule has 3 fully saturated rings. The van der Waals surface area contributed by atoms with Gasteiger partial charge in [-0.15, -0.1) is 11.8 Å². The summed E-state index contributed by atoms with van der Waals surface area (Å²) in [6.07, 6.45) is 0.796. The molecule has 0 radical (unpaired) electrons. The number of anilines is 2. The maximum absolute atomic E-state index is 14.1. The Hall–Kier alpha value is -4.39. The zero-order chi connectivity index (χ0) is 35.0. The number of thioether (sulfide) groups is 1. The molecule has 7 atom stereocenters. The van der Waals surface area contributed by atoms with Crippen molar-refractivity contribution in [2.75, 3.05) is 23.4 Å². The lowest BCUT2D eigenvalue weighted by Crippen LogP contribution is -2.42. The van der Waals surface area contributed by atoms with E-state index in [1.54, 1.807) is 11.8 Å². The fraction of sp³-hybridized carbons (Fsp3) is 0.282. The molecule has 5 aromatic rings. The molecule has 1 aromatic heterocycles. The largest absolute Gasteiger partial charge is 0.490 e. The number of benzene rings is 4. The third-order valence-electron chi connectivity index (χ3n) is 10.8. The van der Waals surface area contributed by atoms with Crippen molar-refractivity contribution >= 4 is 78.9 Å². The number of imide groups is 1. The van der Waals surface area contributed by atoms with Crippen LogP contribution in [0.2, 0.25) is 0 Å². The predicted octanol–water partition coefficient (Wildman–Crippen LogP) is 7.45. The van der Waals surface area contributed by atoms with Crippen LogP contribution in [0.25, 0.3) is 10.8 Å². The highest BCUT2D eigenvalue weighted by Gasteiger charge is 2.69. The molecule has 3 amide bonds. The van der Waals surface area contributed by atoms with Gasteiger partial charge >= 0.3 is 4.87 Å². The number of hydrogen-bond donors (Lipinski definition) is 2. The number of fused-ring (bicyclic) bond motifs is 10. The summed E-state index contributed by atoms with van der Waals surface area (Å²) >= 11 is 6.32. The Morgan fingerprint density at radius 3 is 2.45 bits per heavy atom. The van der Waals surface area contributed by atoms with E-state index in [1.807, 2.05) is 91.9 Å². The van der Waals surface area contributed by atoms with E-state index in [0.717, 1.165) is 37.1 Å². The minimum Gasteiger partial charge on any atom is -0.490 e. The summed E-state index contributed by atoms with van der Waals surface area (Å²) in [6.45, 7) is 2.07. The van der Waals surface area contributed by atoms with Crippen LogP contribution < -0.4 is 24.6 Å². The van der Waals surface area contributed by atoms with Gasteiger partial charge in [-0.1, -0.05) is 63.7 Å². The maximum atomic E-state index is 14.1. The van der Waals surface area contributed by atoms with E-state index >= 15 is 0 Å². The number of amides is 3. The molecule has 9 rings (SSSR count). The van der Waals surface area contributed by atoms with Crippen molar-refractivity contribution in [1.29, 1.82) is 0 Å². The first-order valence-electron chi connectivity index (χ1n) is 17.0. The lowest BCUT2D eigenvalue weighted by Gasteiger charge is -2.43. The van der Waals surface area contributed by atoms with Gasteiger partial charge in [0, 0.05) is 26.2 Å². The van der Waals surface area contributed by atoms with E-state index in [0.29, 0.717) is 29.5 Å². The fourth-order valence-corrected chi connectivity index (χ4v) is 12.1. The van der Waals surface area contributed by atoms with Gasteiger partial charge in [0.15, 0.2) is 18.1 Å². The van der Waals surface area contributed by atoms with Gasteiger partial charge in [0.1, 0.15) is 0 Å². The molecule has 0 spiro atoms. The first-order valence-corrected chi connectivity index (χ1v) is 19.5. The monoisotopic (exact) mass is 781 g/mol. The molecule has 9 nitrogen and oxygen atoms in total. The number of nitrogens with one attached hydrogen (secondary N) is 2. The molecule has 2 N–H and O–H groups in total. The lowest BCUT2D eigenvalue weighted by molar-refractivity contribution is -0.123. The van der Waals surface area contributed by atoms with E-state index < -0.39 is 5.92 Å². The van der Waals surface area contributed by atoms with Crippen LogP contribution in [0.1, 0.15) is 29.7 Å². The number of ether oxygens (including phenoxy) is 2. The summed E-state index contributed by atoms with van der Waals surface area (Å²) in [5.74, 6) is -0.524. The molecule has 4 aromatic carbocycles. The molecule has 2 aliphatic heterocycles. The van der Waals surface area contributed by atoms with Crippen molar-refractivity contribution < 1.29 is 23.9 Å². The standard InChI is InChI=1S/C39H32BrN3O6S2/c1-2-48-28-16-21(8-14-27(28)49-18-29(44)41-23-11-7-19-5-3-4-6-20(19)15-23)30-31-25-17-26(34(31)50-36-35(30)51-39(47)42-36)33-32(25)37(45)43(38(33)46)24-12-9-22(40)10-13-24/h3-16,25-26,30-34H,2,17-18H2,1H3,(H,41,44)(H,42,47)/t25-,26-,30+,31-,32+,33+,34-/m1/s1. The van der Waals surface area contributed by atoms with Crippen molar-refractivity contribution in [2.24, 2.45) is 29.6 Å². The number of halogens is 1. The maximum Gasteiger partial charge on any atom is 0.305 e. The quantitative estimate of drug-likeness (QED) is 0.157. The Labute approximate surface area is 309 Å². The average molecular weight is 783 g/mol. The Kier molecular flexibility index (Phi) is 8.08. The zero-order valence-electron chi connectivity index (χ0n) is 27.3. The molecule has 2 aliphatic carbocycles. The van der Waals surface area contributed by atoms with E-state index in [4.69, 9.17) is 9.47 Å². The number of H-pyrrole nitrogens is 1. The highest BCUT2D eigenvalue weighted by molar-refractivity contribution is 9.10. The number of carbonyl (C=O) groups excluding carboxylic acids is 3. The van der Waals surface area contributed by atoms with Crippen LogP contribution in [-0.4, -0.2) is 41.2 Å². The molecule has 51 heavy (non-hydrogen) atoms. The predicted molar refractivity (Wildman–Crippen MR) is 201 cm³/mol. The summed E-state index contributed by atoms with van der Waals surface area (Å²) < 4.78 is 13.0. The Bertz CT molecular complexity index is 2290. The van der Waals surface area contributed by atoms with Gasteiger partial charge in [0.05, 0.1) is 29.2 Å². The molecule has 2 saturated carbocycles. The number of carbonyl (C=O) groups is 3. The molecule has 3 heterocycles. The molecule has 258 valence electrons. The minimum atomic E-state index is -0.400. The van der Waals surface area contributed by atoms with Crippen LogP contribution in [0.15, 0.2) is 99.2 Å². The van der Waals surface area contributed by atoms with E-state index in [1.165, 1.54) is 16.2 Å². The second-order valence-electron chi connectivity index (χ2n) is 13.5. The third-order valence-corrected chi connectivity index (χ3v) is 13.9. The van der Waals surface area contributed by atoms with Crippen LogP contribution >= 0.6 is 39.0 Å². The van der Waals surface area contributed by atoms with E-state index in [9.17, 15) is 19.2 Å². The van der Waals surface area contributed by atoms with Gasteiger partial charge in [0.25, 0.3) is 5.91 Å². The van der Waals surface area contributed by atoms with Gasteiger partial charge in [-0.25, -0.2) is 0 Å². The number of thiazole rings is 1. The van der Waals surface area contributed by atoms with Crippen LogP contribution in [0.4, 0.5) is 11.4 Å². The first kappa shape index (κ1) is 32.5. The van der Waals surface area contributed by atoms with Gasteiger partial charge in [0.2, 0.25) is 11.8 Å². The van der Waals surface area contributed by atoms with Crippen molar-refractivity contribution in [3.63, 3.8) is 0 Å². The van der Waals surface area contributed by atoms with Crippen molar-refractivity contribution in [3.8, 4) is 11.5 Å². The molecular weight excluding hydrogens is 750 g/mol. The van der Waals surface area contributed by atoms with Gasteiger partial charge < -0.3 is 19.8 Å². The van der Waals surface area contributed by atoms with E-state index in [2.05, 4.69) is 26.2 Å². The second-order valence-corrected chi connectivity index (χ2v) is 16.6. The zero-order valence-corrected chi connectivity index (χ0v) is 30.6. The highest BCUT2D eigenvalue weighted by atomic mass is 79.9. The van der Waals surface area contributed by atoms with Crippen molar-refractivity contribution in [1.82, 2.24) is 4.98 Å². The smallest absolute Gasteiger partial charge is 0.305 e. The summed E-state index contributed by atoms with van der Waals surface area (Å²) in [5.41, 5.74) is 2.23. The van der Waals surface area contributed by atoms with Crippen molar-refractivity contribution in [3.05, 3.63) is 110 Å². The number of aromatic amines is 1. The number of nitrogens with zero attached hydrogens (tertiary/aromatic N) is 1. The second kappa shape index (κ2) is 12.7. The molecule has 12 heteroatoms. The number of rotatable bonds is 8. The molecular formula is C39H32BrN3O6S2. The summed E-state index contributed by atoms with van der Waals surface area (Å²) in [6, 6.07) is 26.8. The van der Waals surface area contributed by atoms with Gasteiger partial charge in [-0.3, -0.25) is 24.1 Å². The topological polar surface area (TPSA) is 118 Å². The summed E-state index contributed by atoms with van der Waals surface area (Å²) in [5, 5.41) is 5.94. The minimum absolute atomic E-state index is 0.0148. The average Bonchev–Trinajstić information content (AvgIpc) is 3.87. The first-order chi connectivity index (χ1) is 24.8. The van der Waals surface area contributed by atoms with Crippen LogP contribution in [0, 0.1) is 29.6 Å². The number of aromatic nitrogens is 1. The normalized spacial score (nSPS) is 25.8. The highest BCUT2D eigenvalue weighted by Crippen LogP contribution is 2.68. The Balaban J connectivity index is 1.00. The van der Waals surface area contributed by atoms with E-state index in [-0.39, 0.29) is 64.0 Å². The van der Waals surface area contributed by atoms with Gasteiger partial charge in [-0.05, 0) is 96.0 Å². The molecule has 4 aliphatic rings. The summed E-state index contributed by atoms with van der Waals surface area (Å²) in [7, 11) is 0. The Morgan fingerprint density at radius 1 is 0.902 bits per heavy atom. The SMILES string of the molecule is CCOc1cc([C@@H]2c3sc(=O)[nH]c3S[C@@H]3[C@@H]4C[C@@H]([C@@H]5C(=O)N(c6ccc(Br)cc6)C(=O)[C@@H]45)[C@H]23)ccc1OCC(=O)Nc1ccc2ccccc2c1. The van der Waals surface area contributed by atoms with Crippen LogP contribution in [0.5, 0.6) is 11.5 Å². The molecule has 2 bridgehead atoms. The third kappa shape index (κ3) is 5.41. The number of hydrogen-bond acceptors (Lipinski definition) is 8. The Morgan fingerprint density at radius 2 is 1.67 bits per heavy atom. The van der Waals surface area contributed by atoms with Gasteiger partial charge in [-0.2, -0.15) is 0 Å². The molecule has 0 unspecified atom stereocenters. The molecule has 1 saturated heterocycles. The van der Waals surface area contributed by atoms with Crippen LogP contribution in [0.3, 0.4) is 0 Å². The summed E-state index contributed by atoms with van der Waals surface area (Å²) in [4.78, 5) is 59.0. The lowest BCUT2D eigenvalue weighted by atomic mass is 9.68. The van der Waals surface area contributed by atoms with Crippen LogP contribution in [-0.2, 0) is 14.4 Å². The van der Waals surface area contributed by atoms with Crippen molar-refractivity contribution in [2.45, 2.75) is 29.5 Å². The fourth-order valence-electron chi connectivity index (χ4n) is 8.95.